The van der Waals surface area contributed by atoms with Gasteiger partial charge in [0.15, 0.2) is 0 Å². The van der Waals surface area contributed by atoms with E-state index in [-0.39, 0.29) is 5.92 Å². The molecule has 4 aromatic rings. The molecule has 0 bridgehead atoms. The Balaban J connectivity index is 1.76. The lowest BCUT2D eigenvalue weighted by atomic mass is 9.70. The van der Waals surface area contributed by atoms with E-state index in [0.29, 0.717) is 18.2 Å². The number of likely N-dealkylation sites (N-methyl/N-ethyl adjacent to an activating group) is 1. The summed E-state index contributed by atoms with van der Waals surface area (Å²) in [6, 6.07) is 27.2. The second kappa shape index (κ2) is 11.2. The van der Waals surface area contributed by atoms with Crippen LogP contribution in [-0.4, -0.2) is 67.8 Å². The zero-order valence-corrected chi connectivity index (χ0v) is 23.0. The van der Waals surface area contributed by atoms with Gasteiger partial charge in [0.25, 0.3) is 0 Å². The fourth-order valence-electron chi connectivity index (χ4n) is 6.08. The van der Waals surface area contributed by atoms with Crippen molar-refractivity contribution in [2.75, 3.05) is 47.9 Å². The van der Waals surface area contributed by atoms with E-state index in [4.69, 9.17) is 9.72 Å². The van der Waals surface area contributed by atoms with E-state index < -0.39 is 5.60 Å². The number of ether oxygens (including phenoxy) is 1. The van der Waals surface area contributed by atoms with Crippen LogP contribution in [0.3, 0.4) is 0 Å². The van der Waals surface area contributed by atoms with Crippen molar-refractivity contribution in [3.63, 3.8) is 0 Å². The first-order valence-electron chi connectivity index (χ1n) is 13.5. The van der Waals surface area contributed by atoms with Crippen molar-refractivity contribution in [2.45, 2.75) is 30.3 Å². The first-order valence-corrected chi connectivity index (χ1v) is 13.5. The topological polar surface area (TPSA) is 48.8 Å². The van der Waals surface area contributed by atoms with Gasteiger partial charge in [0, 0.05) is 30.8 Å². The molecule has 38 heavy (non-hydrogen) atoms. The van der Waals surface area contributed by atoms with E-state index in [0.717, 1.165) is 53.5 Å². The smallest absolute Gasteiger partial charge is 0.216 e. The molecule has 5 nitrogen and oxygen atoms in total. The van der Waals surface area contributed by atoms with Crippen LogP contribution in [0.1, 0.15) is 46.9 Å². The third kappa shape index (κ3) is 5.19. The van der Waals surface area contributed by atoms with Crippen LogP contribution in [0.15, 0.2) is 85.1 Å². The molecule has 3 aromatic carbocycles. The highest BCUT2D eigenvalue weighted by molar-refractivity contribution is 5.86. The molecule has 5 heteroatoms. The van der Waals surface area contributed by atoms with E-state index in [9.17, 15) is 5.11 Å². The van der Waals surface area contributed by atoms with Crippen molar-refractivity contribution < 1.29 is 9.84 Å². The number of aliphatic hydroxyl groups is 1. The highest BCUT2D eigenvalue weighted by Crippen LogP contribution is 2.49. The maximum absolute atomic E-state index is 13.1. The lowest BCUT2D eigenvalue weighted by Crippen LogP contribution is -2.38. The molecule has 1 N–H and O–H groups in total. The largest absolute Gasteiger partial charge is 0.481 e. The Morgan fingerprint density at radius 2 is 1.79 bits per heavy atom. The first kappa shape index (κ1) is 26.4. The minimum Gasteiger partial charge on any atom is -0.481 e. The van der Waals surface area contributed by atoms with Gasteiger partial charge >= 0.3 is 0 Å². The van der Waals surface area contributed by atoms with Crippen LogP contribution in [0.5, 0.6) is 5.88 Å². The fourth-order valence-corrected chi connectivity index (χ4v) is 6.08. The zero-order valence-electron chi connectivity index (χ0n) is 23.0. The summed E-state index contributed by atoms with van der Waals surface area (Å²) in [5, 5.41) is 15.3. The number of hydrogen-bond acceptors (Lipinski definition) is 5. The summed E-state index contributed by atoms with van der Waals surface area (Å²) < 4.78 is 5.89. The van der Waals surface area contributed by atoms with Gasteiger partial charge in [-0.15, -0.1) is 0 Å². The standard InChI is InChI=1S/C33H39N3O2/c1-35(2)20-18-33(37,30-16-10-14-24-11-8-9-15-28(24)30)31(25-12-6-5-7-13-25)29-21-27(22-34-32(29)38-4)26-17-19-36(3)23-26/h5-16,21-22,26,31,37H,17-20,23H2,1-4H3. The predicted molar refractivity (Wildman–Crippen MR) is 155 cm³/mol. The van der Waals surface area contributed by atoms with Gasteiger partial charge in [0.1, 0.15) is 5.60 Å². The van der Waals surface area contributed by atoms with E-state index in [1.807, 2.05) is 24.4 Å². The number of pyridine rings is 1. The fraction of sp³-hybridized carbons (Fsp3) is 0.364. The third-order valence-corrected chi connectivity index (χ3v) is 8.07. The van der Waals surface area contributed by atoms with Crippen molar-refractivity contribution in [2.24, 2.45) is 0 Å². The second-order valence-corrected chi connectivity index (χ2v) is 11.0. The molecule has 1 fully saturated rings. The van der Waals surface area contributed by atoms with Crippen LogP contribution in [0.25, 0.3) is 10.8 Å². The van der Waals surface area contributed by atoms with Gasteiger partial charge in [-0.3, -0.25) is 0 Å². The van der Waals surface area contributed by atoms with Gasteiger partial charge in [-0.2, -0.15) is 0 Å². The Morgan fingerprint density at radius 1 is 1.05 bits per heavy atom. The average molecular weight is 510 g/mol. The molecule has 198 valence electrons. The SMILES string of the molecule is COc1ncc(C2CCN(C)C2)cc1C(c1ccccc1)C(O)(CCN(C)C)c1cccc2ccccc12. The number of aromatic nitrogens is 1. The quantitative estimate of drug-likeness (QED) is 0.317. The van der Waals surface area contributed by atoms with Crippen LogP contribution in [-0.2, 0) is 5.60 Å². The Labute approximate surface area is 226 Å². The van der Waals surface area contributed by atoms with Gasteiger partial charge in [0.05, 0.1) is 7.11 Å². The molecule has 1 aliphatic rings. The number of rotatable bonds is 9. The maximum atomic E-state index is 13.1. The van der Waals surface area contributed by atoms with Crippen molar-refractivity contribution >= 4 is 10.8 Å². The molecule has 0 spiro atoms. The third-order valence-electron chi connectivity index (χ3n) is 8.07. The molecular weight excluding hydrogens is 470 g/mol. The lowest BCUT2D eigenvalue weighted by molar-refractivity contribution is 0.00512. The molecular formula is C33H39N3O2. The van der Waals surface area contributed by atoms with E-state index in [1.54, 1.807) is 7.11 Å². The van der Waals surface area contributed by atoms with Gasteiger partial charge in [-0.1, -0.05) is 72.8 Å². The highest BCUT2D eigenvalue weighted by atomic mass is 16.5. The molecule has 3 unspecified atom stereocenters. The molecule has 5 rings (SSSR count). The Morgan fingerprint density at radius 3 is 2.50 bits per heavy atom. The van der Waals surface area contributed by atoms with E-state index >= 15 is 0 Å². The van der Waals surface area contributed by atoms with Crippen LogP contribution in [0.2, 0.25) is 0 Å². The summed E-state index contributed by atoms with van der Waals surface area (Å²) >= 11 is 0. The molecule has 1 aliphatic heterocycles. The van der Waals surface area contributed by atoms with Crippen molar-refractivity contribution in [3.05, 3.63) is 107 Å². The summed E-state index contributed by atoms with van der Waals surface area (Å²) in [4.78, 5) is 9.32. The van der Waals surface area contributed by atoms with Crippen molar-refractivity contribution in [3.8, 4) is 5.88 Å². The molecule has 0 saturated carbocycles. The Kier molecular flexibility index (Phi) is 7.80. The molecule has 0 aliphatic carbocycles. The average Bonchev–Trinajstić information content (AvgIpc) is 3.38. The summed E-state index contributed by atoms with van der Waals surface area (Å²) in [7, 11) is 7.96. The first-order chi connectivity index (χ1) is 18.4. The molecule has 1 saturated heterocycles. The number of methoxy groups -OCH3 is 1. The molecule has 0 radical (unpaired) electrons. The number of likely N-dealkylation sites (tertiary alicyclic amines) is 1. The molecule has 1 aromatic heterocycles. The van der Waals surface area contributed by atoms with E-state index in [1.165, 1.54) is 5.56 Å². The van der Waals surface area contributed by atoms with Gasteiger partial charge in [-0.25, -0.2) is 4.98 Å². The number of fused-ring (bicyclic) bond motifs is 1. The summed E-state index contributed by atoms with van der Waals surface area (Å²) in [5.41, 5.74) is 2.90. The second-order valence-electron chi connectivity index (χ2n) is 11.0. The van der Waals surface area contributed by atoms with Crippen LogP contribution in [0.4, 0.5) is 0 Å². The number of benzene rings is 3. The van der Waals surface area contributed by atoms with Crippen molar-refractivity contribution in [1.29, 1.82) is 0 Å². The van der Waals surface area contributed by atoms with Crippen LogP contribution in [0, 0.1) is 0 Å². The Hall–Kier alpha value is -3.25. The van der Waals surface area contributed by atoms with Gasteiger partial charge in [0.2, 0.25) is 5.88 Å². The van der Waals surface area contributed by atoms with Crippen molar-refractivity contribution in [1.82, 2.24) is 14.8 Å². The normalized spacial score (nSPS) is 18.5. The van der Waals surface area contributed by atoms with Crippen LogP contribution < -0.4 is 4.74 Å². The number of hydrogen-bond donors (Lipinski definition) is 1. The van der Waals surface area contributed by atoms with Crippen LogP contribution >= 0.6 is 0 Å². The minimum atomic E-state index is -1.22. The Bertz CT molecular complexity index is 1370. The summed E-state index contributed by atoms with van der Waals surface area (Å²) in [6.45, 7) is 2.82. The lowest BCUT2D eigenvalue weighted by Gasteiger charge is -2.39. The monoisotopic (exact) mass is 509 g/mol. The predicted octanol–water partition coefficient (Wildman–Crippen LogP) is 5.63. The summed E-state index contributed by atoms with van der Waals surface area (Å²) in [5.74, 6) is 0.606. The molecule has 0 amide bonds. The number of nitrogens with zero attached hydrogens (tertiary/aromatic N) is 3. The zero-order chi connectivity index (χ0) is 26.7. The van der Waals surface area contributed by atoms with E-state index in [2.05, 4.69) is 91.6 Å². The summed E-state index contributed by atoms with van der Waals surface area (Å²) in [6.07, 6.45) is 3.62. The molecule has 2 heterocycles. The van der Waals surface area contributed by atoms with Gasteiger partial charge < -0.3 is 19.6 Å². The maximum Gasteiger partial charge on any atom is 0.216 e. The molecule has 3 atom stereocenters. The highest BCUT2D eigenvalue weighted by Gasteiger charge is 2.43. The minimum absolute atomic E-state index is 0.379. The van der Waals surface area contributed by atoms with Gasteiger partial charge in [-0.05, 0) is 80.0 Å².